The third-order valence-electron chi connectivity index (χ3n) is 4.43. The Balaban J connectivity index is 1.80. The van der Waals surface area contributed by atoms with E-state index in [9.17, 15) is 40.5 Å². The molecule has 7 N–H and O–H groups in total. The Morgan fingerprint density at radius 3 is 2.30 bits per heavy atom. The van der Waals surface area contributed by atoms with Gasteiger partial charge in [0.1, 0.15) is 30.2 Å². The number of phenols is 2. The fraction of sp³-hybridized carbons (Fsp3) is 0.316. The summed E-state index contributed by atoms with van der Waals surface area (Å²) in [6.45, 7) is -0.693. The molecule has 0 bridgehead atoms. The number of hydrogen-bond acceptors (Lipinski definition) is 11. The third kappa shape index (κ3) is 4.40. The molecule has 1 aliphatic rings. The first-order chi connectivity index (χ1) is 14.2. The van der Waals surface area contributed by atoms with Gasteiger partial charge in [0.15, 0.2) is 17.2 Å². The van der Waals surface area contributed by atoms with Gasteiger partial charge in [-0.1, -0.05) is 12.1 Å². The Labute approximate surface area is 168 Å². The molecule has 5 unspecified atom stereocenters. The van der Waals surface area contributed by atoms with Gasteiger partial charge in [0.05, 0.1) is 6.61 Å². The summed E-state index contributed by atoms with van der Waals surface area (Å²) in [4.78, 5) is 12.2. The molecule has 0 spiro atoms. The van der Waals surface area contributed by atoms with E-state index in [4.69, 9.17) is 13.9 Å². The van der Waals surface area contributed by atoms with Crippen molar-refractivity contribution in [2.75, 3.05) is 6.61 Å². The van der Waals surface area contributed by atoms with Crippen LogP contribution < -0.4 is 10.4 Å². The molecule has 30 heavy (non-hydrogen) atoms. The van der Waals surface area contributed by atoms with E-state index in [1.54, 1.807) is 0 Å². The molecule has 3 rings (SSSR count). The van der Waals surface area contributed by atoms with Crippen LogP contribution in [0.15, 0.2) is 33.5 Å². The van der Waals surface area contributed by atoms with Crippen LogP contribution in [-0.4, -0.2) is 73.1 Å². The second kappa shape index (κ2) is 8.73. The van der Waals surface area contributed by atoms with Crippen LogP contribution in [0.2, 0.25) is 0 Å². The van der Waals surface area contributed by atoms with Crippen LogP contribution in [-0.2, 0) is 4.74 Å². The summed E-state index contributed by atoms with van der Waals surface area (Å²) in [5.74, 6) is -2.09. The molecule has 1 aromatic carbocycles. The zero-order valence-electron chi connectivity index (χ0n) is 15.3. The van der Waals surface area contributed by atoms with Gasteiger partial charge in [-0.2, -0.15) is 0 Å². The van der Waals surface area contributed by atoms with E-state index in [0.717, 1.165) is 6.07 Å². The van der Waals surface area contributed by atoms with Crippen molar-refractivity contribution in [2.45, 2.75) is 30.7 Å². The third-order valence-corrected chi connectivity index (χ3v) is 4.43. The molecule has 1 saturated heterocycles. The Morgan fingerprint density at radius 2 is 1.67 bits per heavy atom. The summed E-state index contributed by atoms with van der Waals surface area (Å²) in [5.41, 5.74) is -0.658. The van der Waals surface area contributed by atoms with Crippen molar-refractivity contribution < 1.29 is 49.6 Å². The van der Waals surface area contributed by atoms with E-state index >= 15 is 0 Å². The van der Waals surface area contributed by atoms with Gasteiger partial charge in [-0.25, -0.2) is 4.79 Å². The summed E-state index contributed by atoms with van der Waals surface area (Å²) in [6, 6.07) is 5.05. The highest BCUT2D eigenvalue weighted by atomic mass is 16.7. The molecule has 1 fully saturated rings. The molecular weight excluding hydrogens is 404 g/mol. The van der Waals surface area contributed by atoms with Gasteiger partial charge in [-0.15, -0.1) is 0 Å². The van der Waals surface area contributed by atoms with Crippen LogP contribution in [0.3, 0.4) is 0 Å². The highest BCUT2D eigenvalue weighted by Crippen LogP contribution is 2.29. The standard InChI is InChI=1S/C19H20O11/c20-7-13-14(24)15(25)16(26)19(29-13)30-17-12(23)6-9(28-18(17)27)3-1-8-2-4-10(21)11(22)5-8/h1-6,13-16,19-26H,7H2. The largest absolute Gasteiger partial charge is 0.504 e. The molecule has 0 saturated carbocycles. The van der Waals surface area contributed by atoms with Crippen LogP contribution in [0.5, 0.6) is 23.0 Å². The second-order valence-electron chi connectivity index (χ2n) is 6.55. The van der Waals surface area contributed by atoms with E-state index in [1.165, 1.54) is 30.4 Å². The minimum Gasteiger partial charge on any atom is -0.504 e. The topological polar surface area (TPSA) is 190 Å². The average molecular weight is 424 g/mol. The van der Waals surface area contributed by atoms with Gasteiger partial charge in [0, 0.05) is 6.07 Å². The van der Waals surface area contributed by atoms with Gasteiger partial charge in [-0.05, 0) is 23.8 Å². The highest BCUT2D eigenvalue weighted by Gasteiger charge is 2.45. The maximum absolute atomic E-state index is 12.2. The van der Waals surface area contributed by atoms with Crippen LogP contribution in [0, 0.1) is 0 Å². The van der Waals surface area contributed by atoms with Crippen molar-refractivity contribution in [1.29, 1.82) is 0 Å². The predicted octanol–water partition coefficient (Wildman–Crippen LogP) is -0.894. The molecule has 2 aromatic rings. The monoisotopic (exact) mass is 424 g/mol. The molecule has 2 heterocycles. The summed E-state index contributed by atoms with van der Waals surface area (Å²) in [6.07, 6.45) is -5.29. The Bertz CT molecular complexity index is 981. The van der Waals surface area contributed by atoms with E-state index in [1.807, 2.05) is 0 Å². The van der Waals surface area contributed by atoms with Crippen molar-refractivity contribution in [3.63, 3.8) is 0 Å². The van der Waals surface area contributed by atoms with Crippen molar-refractivity contribution in [1.82, 2.24) is 0 Å². The van der Waals surface area contributed by atoms with Crippen molar-refractivity contribution >= 4 is 12.2 Å². The summed E-state index contributed by atoms with van der Waals surface area (Å²) < 4.78 is 15.3. The first-order valence-corrected chi connectivity index (χ1v) is 8.75. The molecule has 5 atom stereocenters. The molecule has 0 radical (unpaired) electrons. The number of hydrogen-bond donors (Lipinski definition) is 7. The lowest BCUT2D eigenvalue weighted by molar-refractivity contribution is -0.278. The number of phenolic OH excluding ortho intramolecular Hbond substituents is 2. The number of rotatable bonds is 5. The van der Waals surface area contributed by atoms with Crippen molar-refractivity contribution in [3.8, 4) is 23.0 Å². The van der Waals surface area contributed by atoms with Crippen LogP contribution >= 0.6 is 0 Å². The van der Waals surface area contributed by atoms with Crippen molar-refractivity contribution in [3.05, 3.63) is 46.0 Å². The number of benzene rings is 1. The fourth-order valence-electron chi connectivity index (χ4n) is 2.78. The van der Waals surface area contributed by atoms with Gasteiger partial charge < -0.3 is 49.6 Å². The van der Waals surface area contributed by atoms with Gasteiger partial charge in [0.25, 0.3) is 0 Å². The lowest BCUT2D eigenvalue weighted by Crippen LogP contribution is -2.60. The maximum Gasteiger partial charge on any atom is 0.383 e. The summed E-state index contributed by atoms with van der Waals surface area (Å²) >= 11 is 0. The zero-order chi connectivity index (χ0) is 22.0. The molecule has 1 aromatic heterocycles. The molecule has 1 aliphatic heterocycles. The molecule has 11 nitrogen and oxygen atoms in total. The number of ether oxygens (including phenoxy) is 2. The van der Waals surface area contributed by atoms with E-state index in [-0.39, 0.29) is 17.3 Å². The number of aliphatic hydroxyl groups excluding tert-OH is 4. The number of aliphatic hydroxyl groups is 4. The number of aromatic hydroxyl groups is 3. The second-order valence-corrected chi connectivity index (χ2v) is 6.55. The molecule has 0 amide bonds. The molecule has 11 heteroatoms. The summed E-state index contributed by atoms with van der Waals surface area (Å²) in [5, 5.41) is 67.6. The zero-order valence-corrected chi connectivity index (χ0v) is 15.3. The van der Waals surface area contributed by atoms with Gasteiger partial charge in [-0.3, -0.25) is 0 Å². The fourth-order valence-corrected chi connectivity index (χ4v) is 2.78. The van der Waals surface area contributed by atoms with E-state index in [0.29, 0.717) is 5.56 Å². The first-order valence-electron chi connectivity index (χ1n) is 8.75. The van der Waals surface area contributed by atoms with Crippen LogP contribution in [0.25, 0.3) is 12.2 Å². The molecular formula is C19H20O11. The van der Waals surface area contributed by atoms with E-state index in [2.05, 4.69) is 0 Å². The Morgan fingerprint density at radius 1 is 0.933 bits per heavy atom. The normalized spacial score (nSPS) is 26.7. The van der Waals surface area contributed by atoms with E-state index < -0.39 is 54.4 Å². The quantitative estimate of drug-likeness (QED) is 0.295. The SMILES string of the molecule is O=c1oc(C=Cc2ccc(O)c(O)c2)cc(O)c1OC1OC(CO)C(O)C(O)C1O. The minimum absolute atomic E-state index is 0.0776. The van der Waals surface area contributed by atoms with Crippen LogP contribution in [0.4, 0.5) is 0 Å². The smallest absolute Gasteiger partial charge is 0.383 e. The summed E-state index contributed by atoms with van der Waals surface area (Å²) in [7, 11) is 0. The Kier molecular flexibility index (Phi) is 6.29. The van der Waals surface area contributed by atoms with Gasteiger partial charge in [0.2, 0.25) is 12.0 Å². The van der Waals surface area contributed by atoms with Crippen LogP contribution in [0.1, 0.15) is 11.3 Å². The van der Waals surface area contributed by atoms with Gasteiger partial charge >= 0.3 is 5.63 Å². The lowest BCUT2D eigenvalue weighted by atomic mass is 9.99. The average Bonchev–Trinajstić information content (AvgIpc) is 2.71. The predicted molar refractivity (Wildman–Crippen MR) is 99.7 cm³/mol. The Hall–Kier alpha value is -3.09. The first kappa shape index (κ1) is 21.6. The van der Waals surface area contributed by atoms with Crippen molar-refractivity contribution in [2.24, 2.45) is 0 Å². The highest BCUT2D eigenvalue weighted by molar-refractivity contribution is 5.69. The maximum atomic E-state index is 12.2. The lowest BCUT2D eigenvalue weighted by Gasteiger charge is -2.39. The minimum atomic E-state index is -1.77. The molecule has 162 valence electrons. The molecule has 0 aliphatic carbocycles.